The number of ether oxygens (including phenoxy) is 1. The van der Waals surface area contributed by atoms with Crippen LogP contribution in [0.15, 0.2) is 54.6 Å². The molecule has 3 rings (SSSR count). The third kappa shape index (κ3) is 2.80. The Kier molecular flexibility index (Phi) is 4.08. The van der Waals surface area contributed by atoms with Crippen molar-refractivity contribution >= 4 is 40.5 Å². The number of hydrogen-bond acceptors (Lipinski definition) is 4. The maximum Gasteiger partial charge on any atom is 0.242 e. The van der Waals surface area contributed by atoms with Crippen LogP contribution in [0.4, 0.5) is 11.4 Å². The normalized spacial score (nSPS) is 15.1. The van der Waals surface area contributed by atoms with Crippen molar-refractivity contribution in [1.82, 2.24) is 0 Å². The zero-order valence-corrected chi connectivity index (χ0v) is 13.2. The fraction of sp³-hybridized carbons (Fsp3) is 0.118. The highest BCUT2D eigenvalue weighted by Gasteiger charge is 2.36. The van der Waals surface area contributed by atoms with E-state index in [1.54, 1.807) is 43.5 Å². The number of thiocarbonyl (C=S) groups is 1. The predicted octanol–water partition coefficient (Wildman–Crippen LogP) is 2.75. The zero-order valence-electron chi connectivity index (χ0n) is 12.4. The monoisotopic (exact) mass is 326 g/mol. The van der Waals surface area contributed by atoms with Gasteiger partial charge in [0.15, 0.2) is 5.11 Å². The smallest absolute Gasteiger partial charge is 0.242 e. The number of rotatable bonds is 3. The van der Waals surface area contributed by atoms with Crippen molar-refractivity contribution in [2.75, 3.05) is 16.9 Å². The Hall–Kier alpha value is -2.73. The van der Waals surface area contributed by atoms with Gasteiger partial charge in [-0.1, -0.05) is 24.3 Å². The molecule has 0 unspecified atom stereocenters. The largest absolute Gasteiger partial charge is 0.497 e. The van der Waals surface area contributed by atoms with Crippen molar-refractivity contribution in [2.45, 2.75) is 6.42 Å². The molecule has 0 aliphatic carbocycles. The molecule has 6 heteroatoms. The molecular formula is C17H14N2O3S. The first-order valence-electron chi connectivity index (χ1n) is 7.01. The van der Waals surface area contributed by atoms with Gasteiger partial charge in [-0.3, -0.25) is 19.4 Å². The van der Waals surface area contributed by atoms with Crippen LogP contribution in [0.1, 0.15) is 6.42 Å². The Morgan fingerprint density at radius 1 is 0.913 bits per heavy atom. The number of carbonyl (C=O) groups excluding carboxylic acids is 2. The first-order valence-corrected chi connectivity index (χ1v) is 7.41. The van der Waals surface area contributed by atoms with E-state index >= 15 is 0 Å². The van der Waals surface area contributed by atoms with Crippen LogP contribution in [0, 0.1) is 0 Å². The van der Waals surface area contributed by atoms with E-state index in [0.29, 0.717) is 17.1 Å². The van der Waals surface area contributed by atoms with Crippen LogP contribution in [0.5, 0.6) is 5.75 Å². The van der Waals surface area contributed by atoms with Crippen LogP contribution in [0.3, 0.4) is 0 Å². The standard InChI is InChI=1S/C17H14N2O3S/c1-22-14-9-5-8-13(10-14)19-16(21)11-15(20)18(17(19)23)12-6-3-2-4-7-12/h2-10H,11H2,1H3. The molecule has 2 aromatic carbocycles. The molecule has 0 atom stereocenters. The van der Waals surface area contributed by atoms with Gasteiger partial charge in [-0.05, 0) is 36.5 Å². The summed E-state index contributed by atoms with van der Waals surface area (Å²) >= 11 is 5.42. The number of hydrogen-bond donors (Lipinski definition) is 0. The van der Waals surface area contributed by atoms with E-state index < -0.39 is 0 Å². The lowest BCUT2D eigenvalue weighted by Gasteiger charge is -2.35. The van der Waals surface area contributed by atoms with Crippen LogP contribution >= 0.6 is 12.2 Å². The van der Waals surface area contributed by atoms with E-state index in [1.165, 1.54) is 9.80 Å². The lowest BCUT2D eigenvalue weighted by Crippen LogP contribution is -2.55. The Bertz CT molecular complexity index is 776. The summed E-state index contributed by atoms with van der Waals surface area (Å²) in [5.74, 6) is -0.0629. The topological polar surface area (TPSA) is 49.9 Å². The lowest BCUT2D eigenvalue weighted by atomic mass is 10.2. The molecule has 0 aromatic heterocycles. The molecule has 2 amide bonds. The van der Waals surface area contributed by atoms with Crippen LogP contribution in [0.25, 0.3) is 0 Å². The second kappa shape index (κ2) is 6.18. The van der Waals surface area contributed by atoms with Crippen molar-refractivity contribution in [2.24, 2.45) is 0 Å². The summed E-state index contributed by atoms with van der Waals surface area (Å²) in [6.07, 6.45) is -0.230. The van der Waals surface area contributed by atoms with Crippen molar-refractivity contribution in [3.8, 4) is 5.75 Å². The van der Waals surface area contributed by atoms with E-state index in [1.807, 2.05) is 18.2 Å². The zero-order chi connectivity index (χ0) is 16.4. The Balaban J connectivity index is 2.01. The minimum Gasteiger partial charge on any atom is -0.497 e. The third-order valence-corrected chi connectivity index (χ3v) is 3.87. The molecule has 2 aromatic rings. The average molecular weight is 326 g/mol. The van der Waals surface area contributed by atoms with Gasteiger partial charge in [0, 0.05) is 6.07 Å². The van der Waals surface area contributed by atoms with E-state index in [-0.39, 0.29) is 23.3 Å². The van der Waals surface area contributed by atoms with E-state index in [0.717, 1.165) is 0 Å². The van der Waals surface area contributed by atoms with Gasteiger partial charge in [0.05, 0.1) is 18.5 Å². The van der Waals surface area contributed by atoms with Crippen molar-refractivity contribution in [3.63, 3.8) is 0 Å². The molecule has 5 nitrogen and oxygen atoms in total. The molecule has 116 valence electrons. The van der Waals surface area contributed by atoms with Crippen LogP contribution in [-0.2, 0) is 9.59 Å². The molecule has 1 heterocycles. The lowest BCUT2D eigenvalue weighted by molar-refractivity contribution is -0.126. The maximum absolute atomic E-state index is 12.3. The Labute approximate surface area is 139 Å². The highest BCUT2D eigenvalue weighted by atomic mass is 32.1. The molecule has 0 spiro atoms. The number of para-hydroxylation sites is 1. The molecule has 1 saturated heterocycles. The highest BCUT2D eigenvalue weighted by molar-refractivity contribution is 7.81. The molecule has 1 aliphatic heterocycles. The molecule has 0 radical (unpaired) electrons. The van der Waals surface area contributed by atoms with Crippen LogP contribution in [-0.4, -0.2) is 24.0 Å². The first-order chi connectivity index (χ1) is 11.1. The summed E-state index contributed by atoms with van der Waals surface area (Å²) < 4.78 is 5.19. The van der Waals surface area contributed by atoms with Crippen LogP contribution < -0.4 is 14.5 Å². The van der Waals surface area contributed by atoms with E-state index in [9.17, 15) is 9.59 Å². The second-order valence-electron chi connectivity index (χ2n) is 4.95. The summed E-state index contributed by atoms with van der Waals surface area (Å²) in [5, 5.41) is 0.144. The summed E-state index contributed by atoms with van der Waals surface area (Å²) in [6.45, 7) is 0. The quantitative estimate of drug-likeness (QED) is 0.643. The summed E-state index contributed by atoms with van der Waals surface area (Å²) in [4.78, 5) is 27.4. The molecule has 0 N–H and O–H groups in total. The third-order valence-electron chi connectivity index (χ3n) is 3.51. The fourth-order valence-corrected chi connectivity index (χ4v) is 2.85. The van der Waals surface area contributed by atoms with Crippen molar-refractivity contribution in [3.05, 3.63) is 54.6 Å². The first kappa shape index (κ1) is 15.2. The number of anilines is 2. The van der Waals surface area contributed by atoms with Gasteiger partial charge in [-0.15, -0.1) is 0 Å². The van der Waals surface area contributed by atoms with Gasteiger partial charge in [0.2, 0.25) is 11.8 Å². The number of methoxy groups -OCH3 is 1. The fourth-order valence-electron chi connectivity index (χ4n) is 2.44. The Morgan fingerprint density at radius 2 is 1.52 bits per heavy atom. The molecule has 0 bridgehead atoms. The molecule has 0 saturated carbocycles. The highest BCUT2D eigenvalue weighted by Crippen LogP contribution is 2.28. The van der Waals surface area contributed by atoms with Crippen molar-refractivity contribution in [1.29, 1.82) is 0 Å². The number of benzene rings is 2. The van der Waals surface area contributed by atoms with Gasteiger partial charge < -0.3 is 4.74 Å². The van der Waals surface area contributed by atoms with Gasteiger partial charge in [0.1, 0.15) is 12.2 Å². The average Bonchev–Trinajstić information content (AvgIpc) is 2.55. The molecule has 1 fully saturated rings. The molecule has 1 aliphatic rings. The SMILES string of the molecule is COc1cccc(N2C(=O)CC(=O)N(c3ccccc3)C2=S)c1. The number of amides is 2. The Morgan fingerprint density at radius 3 is 2.17 bits per heavy atom. The van der Waals surface area contributed by atoms with Gasteiger partial charge in [0.25, 0.3) is 0 Å². The van der Waals surface area contributed by atoms with E-state index in [4.69, 9.17) is 17.0 Å². The second-order valence-corrected chi connectivity index (χ2v) is 5.32. The van der Waals surface area contributed by atoms with E-state index in [2.05, 4.69) is 0 Å². The van der Waals surface area contributed by atoms with Crippen LogP contribution in [0.2, 0.25) is 0 Å². The minimum absolute atomic E-state index is 0.144. The molecule has 23 heavy (non-hydrogen) atoms. The van der Waals surface area contributed by atoms with Gasteiger partial charge in [-0.25, -0.2) is 0 Å². The minimum atomic E-state index is -0.347. The summed E-state index contributed by atoms with van der Waals surface area (Å²) in [5.41, 5.74) is 1.22. The number of carbonyl (C=O) groups is 2. The molecular weight excluding hydrogens is 312 g/mol. The summed E-state index contributed by atoms with van der Waals surface area (Å²) in [6, 6.07) is 16.1. The van der Waals surface area contributed by atoms with Gasteiger partial charge >= 0.3 is 0 Å². The number of nitrogens with zero attached hydrogens (tertiary/aromatic N) is 2. The van der Waals surface area contributed by atoms with Gasteiger partial charge in [-0.2, -0.15) is 0 Å². The summed E-state index contributed by atoms with van der Waals surface area (Å²) in [7, 11) is 1.55. The maximum atomic E-state index is 12.3. The predicted molar refractivity (Wildman–Crippen MR) is 91.6 cm³/mol. The van der Waals surface area contributed by atoms with Crippen molar-refractivity contribution < 1.29 is 14.3 Å².